The molecule has 3 aromatic heterocycles. The first-order valence-electron chi connectivity index (χ1n) is 8.12. The van der Waals surface area contributed by atoms with Crippen LogP contribution in [0.25, 0.3) is 5.65 Å². The highest BCUT2D eigenvalue weighted by Gasteiger charge is 2.15. The third-order valence-corrected chi connectivity index (χ3v) is 4.07. The summed E-state index contributed by atoms with van der Waals surface area (Å²) in [6.45, 7) is 4.88. The zero-order chi connectivity index (χ0) is 17.2. The minimum atomic E-state index is -0.282. The molecule has 1 saturated heterocycles. The maximum absolute atomic E-state index is 12.6. The molecule has 25 heavy (non-hydrogen) atoms. The smallest absolute Gasteiger partial charge is 0.275 e. The number of rotatable bonds is 3. The summed E-state index contributed by atoms with van der Waals surface area (Å²) in [5.41, 5.74) is 2.85. The molecule has 8 heteroatoms. The van der Waals surface area contributed by atoms with E-state index in [1.807, 2.05) is 19.1 Å². The molecule has 0 aromatic carbocycles. The van der Waals surface area contributed by atoms with E-state index >= 15 is 0 Å². The number of hydrogen-bond donors (Lipinski definition) is 1. The van der Waals surface area contributed by atoms with Crippen molar-refractivity contribution in [2.24, 2.45) is 0 Å². The van der Waals surface area contributed by atoms with E-state index in [1.54, 1.807) is 29.0 Å². The Labute approximate surface area is 144 Å². The van der Waals surface area contributed by atoms with Gasteiger partial charge in [-0.2, -0.15) is 9.61 Å². The summed E-state index contributed by atoms with van der Waals surface area (Å²) >= 11 is 0. The lowest BCUT2D eigenvalue weighted by atomic mass is 10.2. The van der Waals surface area contributed by atoms with Crippen molar-refractivity contribution in [2.45, 2.75) is 6.92 Å². The van der Waals surface area contributed by atoms with Gasteiger partial charge in [-0.25, -0.2) is 4.98 Å². The molecule has 3 aromatic rings. The van der Waals surface area contributed by atoms with Gasteiger partial charge in [0.15, 0.2) is 5.65 Å². The highest BCUT2D eigenvalue weighted by Crippen LogP contribution is 2.17. The normalized spacial score (nSPS) is 14.7. The molecule has 0 unspecified atom stereocenters. The quantitative estimate of drug-likeness (QED) is 0.779. The maximum Gasteiger partial charge on any atom is 0.275 e. The second-order valence-corrected chi connectivity index (χ2v) is 5.84. The van der Waals surface area contributed by atoms with Gasteiger partial charge in [-0.1, -0.05) is 0 Å². The van der Waals surface area contributed by atoms with Gasteiger partial charge in [0.2, 0.25) is 0 Å². The second-order valence-electron chi connectivity index (χ2n) is 5.84. The predicted molar refractivity (Wildman–Crippen MR) is 92.9 cm³/mol. The van der Waals surface area contributed by atoms with Gasteiger partial charge >= 0.3 is 0 Å². The largest absolute Gasteiger partial charge is 0.378 e. The summed E-state index contributed by atoms with van der Waals surface area (Å²) in [7, 11) is 0. The van der Waals surface area contributed by atoms with Gasteiger partial charge in [0.1, 0.15) is 11.5 Å². The third-order valence-electron chi connectivity index (χ3n) is 4.07. The van der Waals surface area contributed by atoms with Crippen molar-refractivity contribution in [3.63, 3.8) is 0 Å². The van der Waals surface area contributed by atoms with Gasteiger partial charge in [0.05, 0.1) is 18.9 Å². The molecule has 0 bridgehead atoms. The molecular weight excluding hydrogens is 320 g/mol. The van der Waals surface area contributed by atoms with Gasteiger partial charge in [0, 0.05) is 37.2 Å². The standard InChI is InChI=1S/C17H18N6O2/c1-12-10-16-19-5-3-15(23(16)21-12)20-17(24)14-11-13(2-4-18-14)22-6-8-25-9-7-22/h2-5,10-11H,6-9H2,1H3,(H,20,24). The molecule has 0 atom stereocenters. The number of carbonyl (C=O) groups excluding carboxylic acids is 1. The molecule has 128 valence electrons. The molecule has 1 amide bonds. The molecule has 0 saturated carbocycles. The molecule has 0 radical (unpaired) electrons. The first-order valence-corrected chi connectivity index (χ1v) is 8.12. The number of carbonyl (C=O) groups is 1. The van der Waals surface area contributed by atoms with E-state index in [1.165, 1.54) is 0 Å². The SMILES string of the molecule is Cc1cc2nccc(NC(=O)c3cc(N4CCOCC4)ccn3)n2n1. The number of anilines is 2. The number of nitrogens with one attached hydrogen (secondary N) is 1. The van der Waals surface area contributed by atoms with Crippen LogP contribution in [0.15, 0.2) is 36.7 Å². The highest BCUT2D eigenvalue weighted by molar-refractivity contribution is 6.03. The van der Waals surface area contributed by atoms with Crippen LogP contribution in [0.2, 0.25) is 0 Å². The summed E-state index contributed by atoms with van der Waals surface area (Å²) in [6.07, 6.45) is 3.30. The highest BCUT2D eigenvalue weighted by atomic mass is 16.5. The van der Waals surface area contributed by atoms with E-state index < -0.39 is 0 Å². The van der Waals surface area contributed by atoms with E-state index in [0.717, 1.165) is 24.5 Å². The Morgan fingerprint density at radius 2 is 1.96 bits per heavy atom. The minimum Gasteiger partial charge on any atom is -0.378 e. The van der Waals surface area contributed by atoms with E-state index in [2.05, 4.69) is 25.3 Å². The minimum absolute atomic E-state index is 0.282. The van der Waals surface area contributed by atoms with Gasteiger partial charge in [-0.15, -0.1) is 0 Å². The van der Waals surface area contributed by atoms with Crippen LogP contribution in [0.3, 0.4) is 0 Å². The number of hydrogen-bond acceptors (Lipinski definition) is 6. The van der Waals surface area contributed by atoms with Crippen LogP contribution in [-0.2, 0) is 4.74 Å². The summed E-state index contributed by atoms with van der Waals surface area (Å²) < 4.78 is 6.98. The molecule has 1 N–H and O–H groups in total. The maximum atomic E-state index is 12.6. The zero-order valence-electron chi connectivity index (χ0n) is 13.8. The van der Waals surface area contributed by atoms with Crippen LogP contribution in [0.1, 0.15) is 16.2 Å². The average molecular weight is 338 g/mol. The summed E-state index contributed by atoms with van der Waals surface area (Å²) in [5, 5.41) is 7.21. The molecule has 0 aliphatic carbocycles. The zero-order valence-corrected chi connectivity index (χ0v) is 13.8. The van der Waals surface area contributed by atoms with Crippen molar-refractivity contribution in [2.75, 3.05) is 36.5 Å². The van der Waals surface area contributed by atoms with Crippen molar-refractivity contribution in [1.82, 2.24) is 19.6 Å². The number of aryl methyl sites for hydroxylation is 1. The monoisotopic (exact) mass is 338 g/mol. The van der Waals surface area contributed by atoms with Crippen molar-refractivity contribution in [1.29, 1.82) is 0 Å². The molecule has 1 fully saturated rings. The molecule has 0 spiro atoms. The van der Waals surface area contributed by atoms with Crippen LogP contribution in [0.5, 0.6) is 0 Å². The second kappa shape index (κ2) is 6.48. The topological polar surface area (TPSA) is 84.7 Å². The summed E-state index contributed by atoms with van der Waals surface area (Å²) in [5.74, 6) is 0.275. The Morgan fingerprint density at radius 1 is 1.16 bits per heavy atom. The van der Waals surface area contributed by atoms with Gasteiger partial charge in [0.25, 0.3) is 5.91 Å². The third kappa shape index (κ3) is 3.16. The lowest BCUT2D eigenvalue weighted by Crippen LogP contribution is -2.36. The Bertz CT molecular complexity index is 916. The Morgan fingerprint density at radius 3 is 2.80 bits per heavy atom. The lowest BCUT2D eigenvalue weighted by Gasteiger charge is -2.28. The number of aromatic nitrogens is 4. The first kappa shape index (κ1) is 15.5. The number of amides is 1. The molecule has 4 rings (SSSR count). The van der Waals surface area contributed by atoms with Crippen LogP contribution in [0.4, 0.5) is 11.5 Å². The fourth-order valence-electron chi connectivity index (χ4n) is 2.85. The number of ether oxygens (including phenoxy) is 1. The number of nitrogens with zero attached hydrogens (tertiary/aromatic N) is 5. The summed E-state index contributed by atoms with van der Waals surface area (Å²) in [6, 6.07) is 7.27. The van der Waals surface area contributed by atoms with Crippen molar-refractivity contribution < 1.29 is 9.53 Å². The van der Waals surface area contributed by atoms with Crippen LogP contribution >= 0.6 is 0 Å². The van der Waals surface area contributed by atoms with Gasteiger partial charge < -0.3 is 15.0 Å². The van der Waals surface area contributed by atoms with Crippen LogP contribution in [0, 0.1) is 6.92 Å². The van der Waals surface area contributed by atoms with E-state index in [4.69, 9.17) is 4.74 Å². The Balaban J connectivity index is 1.58. The molecule has 1 aliphatic heterocycles. The Hall–Kier alpha value is -3.00. The van der Waals surface area contributed by atoms with E-state index in [-0.39, 0.29) is 5.91 Å². The molecule has 1 aliphatic rings. The fraction of sp³-hybridized carbons (Fsp3) is 0.294. The fourth-order valence-corrected chi connectivity index (χ4v) is 2.85. The molecule has 8 nitrogen and oxygen atoms in total. The van der Waals surface area contributed by atoms with Crippen molar-refractivity contribution >= 4 is 23.1 Å². The van der Waals surface area contributed by atoms with Crippen molar-refractivity contribution in [3.8, 4) is 0 Å². The van der Waals surface area contributed by atoms with Crippen LogP contribution < -0.4 is 10.2 Å². The van der Waals surface area contributed by atoms with E-state index in [0.29, 0.717) is 30.4 Å². The van der Waals surface area contributed by atoms with E-state index in [9.17, 15) is 4.79 Å². The number of fused-ring (bicyclic) bond motifs is 1. The lowest BCUT2D eigenvalue weighted by molar-refractivity contribution is 0.102. The molecular formula is C17H18N6O2. The van der Waals surface area contributed by atoms with Crippen LogP contribution in [-0.4, -0.2) is 51.8 Å². The predicted octanol–water partition coefficient (Wildman–Crippen LogP) is 1.52. The van der Waals surface area contributed by atoms with Crippen molar-refractivity contribution in [3.05, 3.63) is 48.0 Å². The average Bonchev–Trinajstić information content (AvgIpc) is 3.04. The van der Waals surface area contributed by atoms with Gasteiger partial charge in [-0.3, -0.25) is 9.78 Å². The van der Waals surface area contributed by atoms with Gasteiger partial charge in [-0.05, 0) is 25.1 Å². The summed E-state index contributed by atoms with van der Waals surface area (Å²) in [4.78, 5) is 23.2. The molecule has 4 heterocycles. The number of morpholine rings is 1. The first-order chi connectivity index (χ1) is 12.2. The Kier molecular flexibility index (Phi) is 4.02. The number of pyridine rings is 1.